The smallest absolute Gasteiger partial charge is 0.320 e. The number of rotatable bonds is 5. The number of para-hydroxylation sites is 1. The molecule has 1 aromatic heterocycles. The van der Waals surface area contributed by atoms with Gasteiger partial charge in [0.25, 0.3) is 0 Å². The zero-order valence-electron chi connectivity index (χ0n) is 10.8. The molecule has 1 unspecified atom stereocenters. The summed E-state index contributed by atoms with van der Waals surface area (Å²) in [6, 6.07) is 7.35. The lowest BCUT2D eigenvalue weighted by atomic mass is 10.1. The molecular formula is C13H13IN2O4. The van der Waals surface area contributed by atoms with Gasteiger partial charge in [-0.1, -0.05) is 39.9 Å². The molecule has 0 saturated heterocycles. The average molecular weight is 388 g/mol. The Balaban J connectivity index is 1.93. The fraction of sp³-hybridized carbons (Fsp3) is 0.308. The summed E-state index contributed by atoms with van der Waals surface area (Å²) in [6.45, 7) is 0.224. The lowest BCUT2D eigenvalue weighted by Gasteiger charge is -2.08. The number of alkyl halides is 1. The molecule has 0 spiro atoms. The van der Waals surface area contributed by atoms with Crippen molar-refractivity contribution < 1.29 is 18.8 Å². The van der Waals surface area contributed by atoms with Gasteiger partial charge in [0.05, 0.1) is 13.5 Å². The van der Waals surface area contributed by atoms with E-state index in [2.05, 4.69) is 15.2 Å². The first-order valence-corrected chi connectivity index (χ1v) is 7.18. The number of methoxy groups -OCH3 is 1. The molecule has 0 saturated carbocycles. The van der Waals surface area contributed by atoms with Crippen molar-refractivity contribution in [1.29, 1.82) is 0 Å². The first-order chi connectivity index (χ1) is 9.61. The monoisotopic (exact) mass is 388 g/mol. The van der Waals surface area contributed by atoms with Crippen LogP contribution in [0.2, 0.25) is 0 Å². The van der Waals surface area contributed by atoms with Crippen molar-refractivity contribution in [1.82, 2.24) is 10.5 Å². The van der Waals surface area contributed by atoms with Crippen LogP contribution in [-0.4, -0.2) is 34.6 Å². The topological polar surface area (TPSA) is 81.4 Å². The molecule has 0 aliphatic carbocycles. The van der Waals surface area contributed by atoms with Crippen molar-refractivity contribution in [2.45, 2.75) is 10.3 Å². The molecule has 0 aliphatic heterocycles. The summed E-state index contributed by atoms with van der Waals surface area (Å²) in [5.41, 5.74) is 1.23. The summed E-state index contributed by atoms with van der Waals surface area (Å²) >= 11 is 1.92. The maximum Gasteiger partial charge on any atom is 0.320 e. The number of fused-ring (bicyclic) bond motifs is 1. The molecule has 2 aromatic rings. The molecular weight excluding hydrogens is 375 g/mol. The number of halogens is 1. The standard InChI is InChI=1S/C13H13IN2O4/c1-19-13(18)9(14)7-15-12(17)6-10-8-4-2-3-5-11(8)20-16-10/h2-5,9H,6-7H2,1H3,(H,15,17). The van der Waals surface area contributed by atoms with Gasteiger partial charge >= 0.3 is 5.97 Å². The van der Waals surface area contributed by atoms with Crippen LogP contribution in [0.3, 0.4) is 0 Å². The minimum Gasteiger partial charge on any atom is -0.468 e. The van der Waals surface area contributed by atoms with Gasteiger partial charge in [-0.25, -0.2) is 0 Å². The van der Waals surface area contributed by atoms with Gasteiger partial charge in [0.15, 0.2) is 5.58 Å². The van der Waals surface area contributed by atoms with Crippen LogP contribution in [-0.2, 0) is 20.7 Å². The number of carbonyl (C=O) groups is 2. The third-order valence-corrected chi connectivity index (χ3v) is 3.66. The van der Waals surface area contributed by atoms with E-state index in [9.17, 15) is 9.59 Å². The Labute approximate surface area is 129 Å². The highest BCUT2D eigenvalue weighted by Gasteiger charge is 2.17. The summed E-state index contributed by atoms with van der Waals surface area (Å²) < 4.78 is 9.30. The predicted octanol–water partition coefficient (Wildman–Crippen LogP) is 1.46. The third kappa shape index (κ3) is 3.47. The maximum absolute atomic E-state index is 11.8. The molecule has 1 heterocycles. The predicted molar refractivity (Wildman–Crippen MR) is 80.5 cm³/mol. The number of ether oxygens (including phenoxy) is 1. The molecule has 1 aromatic carbocycles. The number of esters is 1. The van der Waals surface area contributed by atoms with E-state index in [1.807, 2.05) is 40.8 Å². The lowest BCUT2D eigenvalue weighted by Crippen LogP contribution is -2.34. The molecule has 0 aliphatic rings. The van der Waals surface area contributed by atoms with Gasteiger partial charge in [0.2, 0.25) is 5.91 Å². The first kappa shape index (κ1) is 14.8. The van der Waals surface area contributed by atoms with Crippen molar-refractivity contribution in [2.75, 3.05) is 13.7 Å². The van der Waals surface area contributed by atoms with Crippen molar-refractivity contribution in [2.24, 2.45) is 0 Å². The Morgan fingerprint density at radius 1 is 1.45 bits per heavy atom. The third-order valence-electron chi connectivity index (χ3n) is 2.72. The Bertz CT molecular complexity index is 626. The number of benzene rings is 1. The van der Waals surface area contributed by atoms with Crippen LogP contribution in [0.4, 0.5) is 0 Å². The normalized spacial score (nSPS) is 12.1. The molecule has 106 valence electrons. The molecule has 6 nitrogen and oxygen atoms in total. The summed E-state index contributed by atoms with van der Waals surface area (Å²) in [5.74, 6) is -0.576. The number of hydrogen-bond acceptors (Lipinski definition) is 5. The fourth-order valence-electron chi connectivity index (χ4n) is 1.69. The Morgan fingerprint density at radius 3 is 2.95 bits per heavy atom. The summed E-state index contributed by atoms with van der Waals surface area (Å²) in [7, 11) is 1.32. The number of amides is 1. The van der Waals surface area contributed by atoms with Crippen LogP contribution in [0.1, 0.15) is 5.69 Å². The van der Waals surface area contributed by atoms with Gasteiger partial charge in [-0.2, -0.15) is 0 Å². The fourth-order valence-corrected chi connectivity index (χ4v) is 2.17. The lowest BCUT2D eigenvalue weighted by molar-refractivity contribution is -0.139. The maximum atomic E-state index is 11.8. The van der Waals surface area contributed by atoms with Gasteiger partial charge in [0, 0.05) is 11.9 Å². The molecule has 0 radical (unpaired) electrons. The van der Waals surface area contributed by atoms with Crippen molar-refractivity contribution in [3.63, 3.8) is 0 Å². The number of aromatic nitrogens is 1. The van der Waals surface area contributed by atoms with E-state index in [0.29, 0.717) is 11.3 Å². The van der Waals surface area contributed by atoms with E-state index < -0.39 is 3.92 Å². The Hall–Kier alpha value is -1.64. The van der Waals surface area contributed by atoms with Gasteiger partial charge < -0.3 is 14.6 Å². The van der Waals surface area contributed by atoms with E-state index in [0.717, 1.165) is 5.39 Å². The summed E-state index contributed by atoms with van der Waals surface area (Å²) in [4.78, 5) is 23.0. The van der Waals surface area contributed by atoms with E-state index in [1.54, 1.807) is 6.07 Å². The van der Waals surface area contributed by atoms with Gasteiger partial charge in [-0.3, -0.25) is 9.59 Å². The van der Waals surface area contributed by atoms with E-state index in [4.69, 9.17) is 4.52 Å². The zero-order chi connectivity index (χ0) is 14.5. The van der Waals surface area contributed by atoms with E-state index in [-0.39, 0.29) is 24.8 Å². The van der Waals surface area contributed by atoms with Crippen molar-refractivity contribution >= 4 is 45.4 Å². The van der Waals surface area contributed by atoms with Crippen molar-refractivity contribution in [3.8, 4) is 0 Å². The average Bonchev–Trinajstić information content (AvgIpc) is 2.87. The van der Waals surface area contributed by atoms with Crippen LogP contribution in [0.15, 0.2) is 28.8 Å². The van der Waals surface area contributed by atoms with Crippen LogP contribution < -0.4 is 5.32 Å². The van der Waals surface area contributed by atoms with Gasteiger partial charge in [-0.05, 0) is 12.1 Å². The van der Waals surface area contributed by atoms with E-state index >= 15 is 0 Å². The second kappa shape index (κ2) is 6.69. The Morgan fingerprint density at radius 2 is 2.20 bits per heavy atom. The van der Waals surface area contributed by atoms with Crippen LogP contribution in [0.5, 0.6) is 0 Å². The molecule has 20 heavy (non-hydrogen) atoms. The number of nitrogens with one attached hydrogen (secondary N) is 1. The van der Waals surface area contributed by atoms with Gasteiger partial charge in [-0.15, -0.1) is 0 Å². The minimum absolute atomic E-state index is 0.113. The summed E-state index contributed by atoms with van der Waals surface area (Å²) in [6.07, 6.45) is 0.113. The summed E-state index contributed by atoms with van der Waals surface area (Å²) in [5, 5.41) is 7.38. The molecule has 1 atom stereocenters. The van der Waals surface area contributed by atoms with Crippen LogP contribution >= 0.6 is 22.6 Å². The molecule has 0 bridgehead atoms. The zero-order valence-corrected chi connectivity index (χ0v) is 12.9. The quantitative estimate of drug-likeness (QED) is 0.477. The highest BCUT2D eigenvalue weighted by atomic mass is 127. The molecule has 1 amide bonds. The SMILES string of the molecule is COC(=O)C(I)CNC(=O)Cc1noc2ccccc12. The number of nitrogens with zero attached hydrogens (tertiary/aromatic N) is 1. The van der Waals surface area contributed by atoms with Crippen molar-refractivity contribution in [3.05, 3.63) is 30.0 Å². The Kier molecular flexibility index (Phi) is 4.94. The van der Waals surface area contributed by atoms with E-state index in [1.165, 1.54) is 7.11 Å². The van der Waals surface area contributed by atoms with Gasteiger partial charge in [0.1, 0.15) is 9.62 Å². The highest BCUT2D eigenvalue weighted by Crippen LogP contribution is 2.17. The largest absolute Gasteiger partial charge is 0.468 e. The number of carbonyl (C=O) groups excluding carboxylic acids is 2. The number of hydrogen-bond donors (Lipinski definition) is 1. The molecule has 0 fully saturated rings. The second-order valence-electron chi connectivity index (χ2n) is 4.10. The minimum atomic E-state index is -0.407. The van der Waals surface area contributed by atoms with Crippen LogP contribution in [0, 0.1) is 0 Å². The highest BCUT2D eigenvalue weighted by molar-refractivity contribution is 14.1. The molecule has 7 heteroatoms. The first-order valence-electron chi connectivity index (χ1n) is 5.93. The molecule has 2 rings (SSSR count). The second-order valence-corrected chi connectivity index (χ2v) is 5.60. The van der Waals surface area contributed by atoms with Crippen LogP contribution in [0.25, 0.3) is 11.0 Å². The molecule has 1 N–H and O–H groups in total.